The lowest BCUT2D eigenvalue weighted by Crippen LogP contribution is -2.16. The van der Waals surface area contributed by atoms with Gasteiger partial charge in [-0.15, -0.1) is 5.10 Å². The molecule has 8 nitrogen and oxygen atoms in total. The smallest absolute Gasteiger partial charge is 0.297 e. The number of hydrogen-bond donors (Lipinski definition) is 2. The molecular formula is C10H12N6O2. The topological polar surface area (TPSA) is 106 Å². The van der Waals surface area contributed by atoms with Gasteiger partial charge in [0.15, 0.2) is 0 Å². The zero-order valence-electron chi connectivity index (χ0n) is 10.2. The monoisotopic (exact) mass is 248 g/mol. The Bertz CT molecular complexity index is 579. The highest BCUT2D eigenvalue weighted by Crippen LogP contribution is 2.11. The number of aryl methyl sites for hydroxylation is 2. The highest BCUT2D eigenvalue weighted by Gasteiger charge is 2.13. The highest BCUT2D eigenvalue weighted by atomic mass is 16.5. The Morgan fingerprint density at radius 3 is 2.72 bits per heavy atom. The largest absolute Gasteiger partial charge is 0.481 e. The third-order valence-electron chi connectivity index (χ3n) is 2.07. The molecule has 0 unspecified atom stereocenters. The Morgan fingerprint density at radius 1 is 1.33 bits per heavy atom. The molecule has 0 bridgehead atoms. The van der Waals surface area contributed by atoms with Crippen LogP contribution in [-0.4, -0.2) is 38.2 Å². The van der Waals surface area contributed by atoms with Gasteiger partial charge in [0.2, 0.25) is 17.7 Å². The molecule has 0 aliphatic rings. The van der Waals surface area contributed by atoms with Gasteiger partial charge in [0, 0.05) is 11.8 Å². The Hall–Kier alpha value is -2.51. The summed E-state index contributed by atoms with van der Waals surface area (Å²) in [5.41, 5.74) is 0.684. The van der Waals surface area contributed by atoms with Crippen LogP contribution in [-0.2, 0) is 0 Å². The second-order valence-corrected chi connectivity index (χ2v) is 3.57. The number of nitrogens with one attached hydrogen (secondary N) is 2. The fourth-order valence-corrected chi connectivity index (χ4v) is 1.30. The summed E-state index contributed by atoms with van der Waals surface area (Å²) >= 11 is 0. The molecule has 2 aromatic rings. The molecular weight excluding hydrogens is 236 g/mol. The highest BCUT2D eigenvalue weighted by molar-refractivity contribution is 6.00. The van der Waals surface area contributed by atoms with Gasteiger partial charge < -0.3 is 4.74 Å². The molecule has 2 N–H and O–H groups in total. The van der Waals surface area contributed by atoms with Gasteiger partial charge in [-0.3, -0.25) is 15.2 Å². The van der Waals surface area contributed by atoms with Gasteiger partial charge in [-0.25, -0.2) is 9.97 Å². The van der Waals surface area contributed by atoms with E-state index < -0.39 is 5.91 Å². The van der Waals surface area contributed by atoms with Crippen LogP contribution in [0.15, 0.2) is 6.07 Å². The summed E-state index contributed by atoms with van der Waals surface area (Å²) in [6.45, 7) is 3.48. The molecule has 0 aliphatic heterocycles. The van der Waals surface area contributed by atoms with Gasteiger partial charge in [-0.1, -0.05) is 0 Å². The summed E-state index contributed by atoms with van der Waals surface area (Å²) in [4.78, 5) is 23.7. The lowest BCUT2D eigenvalue weighted by molar-refractivity contribution is 0.101. The number of aromatic amines is 1. The minimum absolute atomic E-state index is 0.0385. The number of hydrogen-bond acceptors (Lipinski definition) is 6. The number of carbonyl (C=O) groups excluding carboxylic acids is 1. The Kier molecular flexibility index (Phi) is 3.18. The Morgan fingerprint density at radius 2 is 2.11 bits per heavy atom. The number of methoxy groups -OCH3 is 1. The van der Waals surface area contributed by atoms with Gasteiger partial charge in [0.1, 0.15) is 5.82 Å². The van der Waals surface area contributed by atoms with Crippen LogP contribution < -0.4 is 10.1 Å². The van der Waals surface area contributed by atoms with Crippen molar-refractivity contribution in [3.05, 3.63) is 23.4 Å². The summed E-state index contributed by atoms with van der Waals surface area (Å²) in [6, 6.07) is 1.66. The maximum absolute atomic E-state index is 11.8. The lowest BCUT2D eigenvalue weighted by atomic mass is 10.4. The number of ether oxygens (including phenoxy) is 1. The molecule has 0 atom stereocenters. The van der Waals surface area contributed by atoms with E-state index in [0.29, 0.717) is 17.4 Å². The Balaban J connectivity index is 2.18. The van der Waals surface area contributed by atoms with Crippen molar-refractivity contribution in [2.75, 3.05) is 12.4 Å². The predicted octanol–water partition coefficient (Wildman–Crippen LogP) is 0.472. The van der Waals surface area contributed by atoms with Gasteiger partial charge >= 0.3 is 0 Å². The third-order valence-corrected chi connectivity index (χ3v) is 2.07. The van der Waals surface area contributed by atoms with E-state index in [1.165, 1.54) is 7.11 Å². The van der Waals surface area contributed by atoms with Crippen LogP contribution in [0, 0.1) is 13.8 Å². The normalized spacial score (nSPS) is 10.2. The first kappa shape index (κ1) is 12.0. The van der Waals surface area contributed by atoms with Crippen molar-refractivity contribution in [2.24, 2.45) is 0 Å². The standard InChI is InChI=1S/C10H12N6O2/c1-5-4-7(18-3)13-10(11-5)14-9(17)8-12-6(2)15-16-8/h4H,1-3H3,(H,12,15,16)(H,11,13,14,17). The van der Waals surface area contributed by atoms with Crippen LogP contribution in [0.25, 0.3) is 0 Å². The predicted molar refractivity (Wildman–Crippen MR) is 62.4 cm³/mol. The molecule has 94 valence electrons. The number of H-pyrrole nitrogens is 1. The average molecular weight is 248 g/mol. The molecule has 0 aromatic carbocycles. The summed E-state index contributed by atoms with van der Waals surface area (Å²) < 4.78 is 4.99. The molecule has 0 radical (unpaired) electrons. The van der Waals surface area contributed by atoms with E-state index in [-0.39, 0.29) is 11.8 Å². The Labute approximate surface area is 103 Å². The minimum atomic E-state index is -0.480. The van der Waals surface area contributed by atoms with Crippen molar-refractivity contribution < 1.29 is 9.53 Å². The van der Waals surface area contributed by atoms with Crippen LogP contribution in [0.3, 0.4) is 0 Å². The molecule has 2 heterocycles. The fraction of sp³-hybridized carbons (Fsp3) is 0.300. The quantitative estimate of drug-likeness (QED) is 0.818. The summed E-state index contributed by atoms with van der Waals surface area (Å²) in [7, 11) is 1.49. The second kappa shape index (κ2) is 4.78. The summed E-state index contributed by atoms with van der Waals surface area (Å²) in [5.74, 6) is 0.648. The van der Waals surface area contributed by atoms with E-state index in [9.17, 15) is 4.79 Å². The minimum Gasteiger partial charge on any atom is -0.481 e. The third kappa shape index (κ3) is 2.59. The first-order valence-corrected chi connectivity index (χ1v) is 5.18. The van der Waals surface area contributed by atoms with Crippen molar-refractivity contribution in [3.8, 4) is 5.88 Å². The summed E-state index contributed by atoms with van der Waals surface area (Å²) in [6.07, 6.45) is 0. The first-order chi connectivity index (χ1) is 8.58. The van der Waals surface area contributed by atoms with E-state index >= 15 is 0 Å². The van der Waals surface area contributed by atoms with E-state index in [1.54, 1.807) is 19.9 Å². The summed E-state index contributed by atoms with van der Waals surface area (Å²) in [5, 5.41) is 8.82. The van der Waals surface area contributed by atoms with Crippen LogP contribution >= 0.6 is 0 Å². The zero-order chi connectivity index (χ0) is 13.1. The van der Waals surface area contributed by atoms with Crippen molar-refractivity contribution in [3.63, 3.8) is 0 Å². The average Bonchev–Trinajstić information content (AvgIpc) is 2.75. The molecule has 0 spiro atoms. The van der Waals surface area contributed by atoms with E-state index in [0.717, 1.165) is 0 Å². The van der Waals surface area contributed by atoms with Gasteiger partial charge in [-0.05, 0) is 13.8 Å². The number of aromatic nitrogens is 5. The second-order valence-electron chi connectivity index (χ2n) is 3.57. The molecule has 2 aromatic heterocycles. The van der Waals surface area contributed by atoms with Crippen molar-refractivity contribution >= 4 is 11.9 Å². The fourth-order valence-electron chi connectivity index (χ4n) is 1.30. The first-order valence-electron chi connectivity index (χ1n) is 5.18. The number of carbonyl (C=O) groups is 1. The van der Waals surface area contributed by atoms with Crippen molar-refractivity contribution in [2.45, 2.75) is 13.8 Å². The van der Waals surface area contributed by atoms with Crippen LogP contribution in [0.4, 0.5) is 5.95 Å². The molecule has 18 heavy (non-hydrogen) atoms. The van der Waals surface area contributed by atoms with Gasteiger partial charge in [-0.2, -0.15) is 4.98 Å². The van der Waals surface area contributed by atoms with Crippen LogP contribution in [0.2, 0.25) is 0 Å². The lowest BCUT2D eigenvalue weighted by Gasteiger charge is -2.04. The van der Waals surface area contributed by atoms with Crippen LogP contribution in [0.5, 0.6) is 5.88 Å². The van der Waals surface area contributed by atoms with E-state index in [2.05, 4.69) is 30.5 Å². The SMILES string of the molecule is COc1cc(C)nc(NC(=O)c2n[nH]c(C)n2)n1. The zero-order valence-corrected chi connectivity index (χ0v) is 10.2. The van der Waals surface area contributed by atoms with Crippen LogP contribution in [0.1, 0.15) is 22.1 Å². The number of amides is 1. The van der Waals surface area contributed by atoms with Gasteiger partial charge in [0.25, 0.3) is 5.91 Å². The molecule has 0 saturated carbocycles. The molecule has 1 amide bonds. The van der Waals surface area contributed by atoms with E-state index in [4.69, 9.17) is 4.74 Å². The maximum atomic E-state index is 11.8. The number of anilines is 1. The number of nitrogens with zero attached hydrogens (tertiary/aromatic N) is 4. The molecule has 0 aliphatic carbocycles. The maximum Gasteiger partial charge on any atom is 0.297 e. The van der Waals surface area contributed by atoms with Crippen molar-refractivity contribution in [1.29, 1.82) is 0 Å². The molecule has 8 heteroatoms. The molecule has 2 rings (SSSR count). The van der Waals surface area contributed by atoms with Crippen molar-refractivity contribution in [1.82, 2.24) is 25.1 Å². The number of rotatable bonds is 3. The molecule has 0 saturated heterocycles. The van der Waals surface area contributed by atoms with E-state index in [1.807, 2.05) is 0 Å². The van der Waals surface area contributed by atoms with Gasteiger partial charge in [0.05, 0.1) is 7.11 Å². The molecule has 0 fully saturated rings.